The van der Waals surface area contributed by atoms with Gasteiger partial charge in [0.15, 0.2) is 0 Å². The fraction of sp³-hybridized carbons (Fsp3) is 0.909. The van der Waals surface area contributed by atoms with E-state index in [1.54, 1.807) is 0 Å². The van der Waals surface area contributed by atoms with Crippen LogP contribution in [-0.2, 0) is 9.53 Å². The van der Waals surface area contributed by atoms with Gasteiger partial charge in [0, 0.05) is 45.7 Å². The van der Waals surface area contributed by atoms with Crippen LogP contribution in [0.1, 0.15) is 12.8 Å². The second-order valence-corrected chi connectivity index (χ2v) is 4.65. The highest BCUT2D eigenvalue weighted by molar-refractivity contribution is 5.77. The van der Waals surface area contributed by atoms with Crippen LogP contribution in [0.4, 0.5) is 0 Å². The van der Waals surface area contributed by atoms with E-state index < -0.39 is 5.60 Å². The van der Waals surface area contributed by atoms with Gasteiger partial charge in [0.25, 0.3) is 0 Å². The van der Waals surface area contributed by atoms with Gasteiger partial charge in [-0.15, -0.1) is 0 Å². The SMILES string of the molecule is CN(CC(=O)NCCN)CC1(O)CCOCC1. The van der Waals surface area contributed by atoms with Crippen molar-refractivity contribution >= 4 is 5.91 Å². The zero-order chi connectivity index (χ0) is 12.7. The summed E-state index contributed by atoms with van der Waals surface area (Å²) in [5.41, 5.74) is 4.57. The number of aliphatic hydroxyl groups is 1. The Morgan fingerprint density at radius 1 is 1.53 bits per heavy atom. The normalized spacial score (nSPS) is 19.3. The topological polar surface area (TPSA) is 87.8 Å². The quantitative estimate of drug-likeness (QED) is 0.532. The summed E-state index contributed by atoms with van der Waals surface area (Å²) in [5, 5.41) is 13.0. The monoisotopic (exact) mass is 245 g/mol. The maximum absolute atomic E-state index is 11.4. The summed E-state index contributed by atoms with van der Waals surface area (Å²) < 4.78 is 5.21. The zero-order valence-corrected chi connectivity index (χ0v) is 10.4. The Balaban J connectivity index is 2.27. The van der Waals surface area contributed by atoms with Gasteiger partial charge in [-0.25, -0.2) is 0 Å². The van der Waals surface area contributed by atoms with Crippen LogP contribution in [0.3, 0.4) is 0 Å². The van der Waals surface area contributed by atoms with E-state index in [-0.39, 0.29) is 12.5 Å². The number of rotatable bonds is 6. The number of nitrogens with zero attached hydrogens (tertiary/aromatic N) is 1. The number of carbonyl (C=O) groups is 1. The van der Waals surface area contributed by atoms with Crippen molar-refractivity contribution in [1.29, 1.82) is 0 Å². The summed E-state index contributed by atoms with van der Waals surface area (Å²) in [6, 6.07) is 0. The molecule has 0 bridgehead atoms. The molecule has 1 aliphatic heterocycles. The Bertz CT molecular complexity index is 242. The first-order valence-electron chi connectivity index (χ1n) is 6.01. The van der Waals surface area contributed by atoms with Crippen LogP contribution in [0.25, 0.3) is 0 Å². The van der Waals surface area contributed by atoms with E-state index >= 15 is 0 Å². The number of ether oxygens (including phenoxy) is 1. The molecule has 0 unspecified atom stereocenters. The molecule has 0 aromatic rings. The van der Waals surface area contributed by atoms with Gasteiger partial charge in [-0.2, -0.15) is 0 Å². The van der Waals surface area contributed by atoms with Gasteiger partial charge in [0.1, 0.15) is 0 Å². The smallest absolute Gasteiger partial charge is 0.234 e. The zero-order valence-electron chi connectivity index (χ0n) is 10.4. The van der Waals surface area contributed by atoms with Gasteiger partial charge in [0.2, 0.25) is 5.91 Å². The summed E-state index contributed by atoms with van der Waals surface area (Å²) in [7, 11) is 1.83. The van der Waals surface area contributed by atoms with Gasteiger partial charge in [-0.3, -0.25) is 9.69 Å². The summed E-state index contributed by atoms with van der Waals surface area (Å²) in [5.74, 6) is -0.0615. The minimum atomic E-state index is -0.721. The van der Waals surface area contributed by atoms with Crippen molar-refractivity contribution in [2.45, 2.75) is 18.4 Å². The maximum Gasteiger partial charge on any atom is 0.234 e. The molecular formula is C11H23N3O3. The van der Waals surface area contributed by atoms with E-state index in [4.69, 9.17) is 10.5 Å². The van der Waals surface area contributed by atoms with Crippen molar-refractivity contribution in [3.05, 3.63) is 0 Å². The van der Waals surface area contributed by atoms with Crippen molar-refractivity contribution in [2.24, 2.45) is 5.73 Å². The molecule has 1 amide bonds. The molecule has 17 heavy (non-hydrogen) atoms. The van der Waals surface area contributed by atoms with E-state index in [0.717, 1.165) is 0 Å². The molecule has 4 N–H and O–H groups in total. The first-order valence-corrected chi connectivity index (χ1v) is 6.01. The molecule has 6 nitrogen and oxygen atoms in total. The van der Waals surface area contributed by atoms with Crippen molar-refractivity contribution in [2.75, 3.05) is 46.4 Å². The summed E-state index contributed by atoms with van der Waals surface area (Å²) in [4.78, 5) is 13.3. The highest BCUT2D eigenvalue weighted by Crippen LogP contribution is 2.20. The van der Waals surface area contributed by atoms with Crippen LogP contribution in [0.2, 0.25) is 0 Å². The number of nitrogens with two attached hydrogens (primary N) is 1. The molecule has 1 saturated heterocycles. The van der Waals surface area contributed by atoms with E-state index in [0.29, 0.717) is 45.7 Å². The molecule has 6 heteroatoms. The minimum absolute atomic E-state index is 0.0615. The number of hydrogen-bond donors (Lipinski definition) is 3. The lowest BCUT2D eigenvalue weighted by Crippen LogP contribution is -2.48. The number of likely N-dealkylation sites (N-methyl/N-ethyl adjacent to an activating group) is 1. The molecule has 0 radical (unpaired) electrons. The fourth-order valence-electron chi connectivity index (χ4n) is 1.98. The van der Waals surface area contributed by atoms with Gasteiger partial charge in [-0.1, -0.05) is 0 Å². The average Bonchev–Trinajstić information content (AvgIpc) is 2.26. The molecule has 100 valence electrons. The minimum Gasteiger partial charge on any atom is -0.388 e. The van der Waals surface area contributed by atoms with Crippen molar-refractivity contribution in [1.82, 2.24) is 10.2 Å². The standard InChI is InChI=1S/C11H23N3O3/c1-14(8-10(15)13-5-4-12)9-11(16)2-6-17-7-3-11/h16H,2-9,12H2,1H3,(H,13,15). The highest BCUT2D eigenvalue weighted by atomic mass is 16.5. The number of carbonyl (C=O) groups excluding carboxylic acids is 1. The summed E-state index contributed by atoms with van der Waals surface area (Å²) in [6.45, 7) is 2.88. The lowest BCUT2D eigenvalue weighted by atomic mass is 9.94. The largest absolute Gasteiger partial charge is 0.388 e. The molecule has 1 aliphatic rings. The Morgan fingerprint density at radius 2 is 2.18 bits per heavy atom. The van der Waals surface area contributed by atoms with Gasteiger partial charge >= 0.3 is 0 Å². The maximum atomic E-state index is 11.4. The fourth-order valence-corrected chi connectivity index (χ4v) is 1.98. The van der Waals surface area contributed by atoms with Crippen LogP contribution in [0.15, 0.2) is 0 Å². The molecule has 1 rings (SSSR count). The average molecular weight is 245 g/mol. The van der Waals surface area contributed by atoms with Crippen LogP contribution in [0, 0.1) is 0 Å². The molecule has 0 aliphatic carbocycles. The van der Waals surface area contributed by atoms with Crippen molar-refractivity contribution in [3.63, 3.8) is 0 Å². The first-order chi connectivity index (χ1) is 8.06. The van der Waals surface area contributed by atoms with E-state index in [1.165, 1.54) is 0 Å². The Morgan fingerprint density at radius 3 is 2.76 bits per heavy atom. The lowest BCUT2D eigenvalue weighted by Gasteiger charge is -2.35. The van der Waals surface area contributed by atoms with Gasteiger partial charge < -0.3 is 20.9 Å². The number of nitrogens with one attached hydrogen (secondary N) is 1. The molecule has 1 heterocycles. The second kappa shape index (κ2) is 6.90. The van der Waals surface area contributed by atoms with Crippen LogP contribution in [0.5, 0.6) is 0 Å². The molecule has 0 aromatic heterocycles. The van der Waals surface area contributed by atoms with Gasteiger partial charge in [0.05, 0.1) is 12.1 Å². The van der Waals surface area contributed by atoms with E-state index in [1.807, 2.05) is 11.9 Å². The Hall–Kier alpha value is -0.690. The number of amides is 1. The highest BCUT2D eigenvalue weighted by Gasteiger charge is 2.31. The Labute approximate surface area is 102 Å². The van der Waals surface area contributed by atoms with Gasteiger partial charge in [-0.05, 0) is 7.05 Å². The molecule has 1 fully saturated rings. The van der Waals surface area contributed by atoms with Crippen LogP contribution >= 0.6 is 0 Å². The molecule has 0 saturated carbocycles. The summed E-state index contributed by atoms with van der Waals surface area (Å²) in [6.07, 6.45) is 1.25. The third-order valence-electron chi connectivity index (χ3n) is 2.87. The third kappa shape index (κ3) is 5.45. The molecular weight excluding hydrogens is 222 g/mol. The lowest BCUT2D eigenvalue weighted by molar-refractivity contribution is -0.123. The predicted octanol–water partition coefficient (Wildman–Crippen LogP) is -1.47. The van der Waals surface area contributed by atoms with Crippen molar-refractivity contribution in [3.8, 4) is 0 Å². The predicted molar refractivity (Wildman–Crippen MR) is 64.6 cm³/mol. The first kappa shape index (κ1) is 14.4. The Kier molecular flexibility index (Phi) is 5.84. The molecule has 0 atom stereocenters. The van der Waals surface area contributed by atoms with Crippen LogP contribution < -0.4 is 11.1 Å². The molecule has 0 spiro atoms. The number of hydrogen-bond acceptors (Lipinski definition) is 5. The summed E-state index contributed by atoms with van der Waals surface area (Å²) >= 11 is 0. The van der Waals surface area contributed by atoms with Crippen molar-refractivity contribution < 1.29 is 14.6 Å². The second-order valence-electron chi connectivity index (χ2n) is 4.65. The van der Waals surface area contributed by atoms with E-state index in [9.17, 15) is 9.90 Å². The third-order valence-corrected chi connectivity index (χ3v) is 2.87. The van der Waals surface area contributed by atoms with E-state index in [2.05, 4.69) is 5.32 Å². The molecule has 0 aromatic carbocycles. The van der Waals surface area contributed by atoms with Crippen LogP contribution in [-0.4, -0.2) is 68.0 Å².